The van der Waals surface area contributed by atoms with E-state index in [-0.39, 0.29) is 6.42 Å². The van der Waals surface area contributed by atoms with E-state index in [1.54, 1.807) is 25.2 Å². The zero-order chi connectivity index (χ0) is 24.6. The van der Waals surface area contributed by atoms with E-state index in [9.17, 15) is 33.1 Å². The van der Waals surface area contributed by atoms with Gasteiger partial charge in [0.25, 0.3) is 11.5 Å². The molecule has 1 aromatic heterocycles. The maximum atomic E-state index is 14.0. The number of carbonyl (C=O) groups excluding carboxylic acids is 1. The largest absolute Gasteiger partial charge is 0.480 e. The molecule has 1 amide bonds. The van der Waals surface area contributed by atoms with Gasteiger partial charge in [-0.2, -0.15) is 0 Å². The Morgan fingerprint density at radius 3 is 2.47 bits per heavy atom. The van der Waals surface area contributed by atoms with E-state index in [1.165, 1.54) is 21.4 Å². The number of nitrogens with one attached hydrogen (secondary N) is 1. The number of hydrogen-bond donors (Lipinski definition) is 2. The number of aryl methyl sites for hydroxylation is 1. The van der Waals surface area contributed by atoms with Gasteiger partial charge in [0.2, 0.25) is 0 Å². The number of carbonyl (C=O) groups is 2. The van der Waals surface area contributed by atoms with E-state index in [2.05, 4.69) is 5.32 Å². The van der Waals surface area contributed by atoms with E-state index in [4.69, 9.17) is 0 Å². The van der Waals surface area contributed by atoms with Crippen LogP contribution in [0.3, 0.4) is 0 Å². The van der Waals surface area contributed by atoms with E-state index in [1.807, 2.05) is 0 Å². The summed E-state index contributed by atoms with van der Waals surface area (Å²) in [4.78, 5) is 49.3. The lowest BCUT2D eigenvalue weighted by molar-refractivity contribution is -0.139. The van der Waals surface area contributed by atoms with E-state index < -0.39 is 52.4 Å². The molecule has 10 heteroatoms. The number of amides is 1. The number of halogens is 2. The lowest BCUT2D eigenvalue weighted by Gasteiger charge is -2.18. The fourth-order valence-electron chi connectivity index (χ4n) is 4.40. The van der Waals surface area contributed by atoms with Gasteiger partial charge in [0.1, 0.15) is 23.2 Å². The zero-order valence-corrected chi connectivity index (χ0v) is 18.1. The molecule has 0 saturated heterocycles. The minimum atomic E-state index is -1.45. The van der Waals surface area contributed by atoms with Crippen LogP contribution in [0.2, 0.25) is 0 Å². The van der Waals surface area contributed by atoms with Gasteiger partial charge in [0, 0.05) is 25.7 Å². The number of hydrogen-bond acceptors (Lipinski definition) is 4. The van der Waals surface area contributed by atoms with Gasteiger partial charge in [-0.1, -0.05) is 24.3 Å². The van der Waals surface area contributed by atoms with Crippen LogP contribution in [0.1, 0.15) is 39.5 Å². The molecule has 3 aromatic rings. The van der Waals surface area contributed by atoms with Crippen LogP contribution in [0.25, 0.3) is 0 Å². The molecule has 0 bridgehead atoms. The summed E-state index contributed by atoms with van der Waals surface area (Å²) in [7, 11) is 1.54. The molecule has 1 aliphatic carbocycles. The topological polar surface area (TPSA) is 110 Å². The van der Waals surface area contributed by atoms with Gasteiger partial charge in [-0.3, -0.25) is 14.2 Å². The minimum Gasteiger partial charge on any atom is -0.480 e. The number of carboxylic acid groups (broad SMARTS) is 1. The Morgan fingerprint density at radius 2 is 1.79 bits per heavy atom. The van der Waals surface area contributed by atoms with Crippen molar-refractivity contribution in [2.75, 3.05) is 0 Å². The van der Waals surface area contributed by atoms with Gasteiger partial charge >= 0.3 is 11.7 Å². The van der Waals surface area contributed by atoms with Gasteiger partial charge in [-0.25, -0.2) is 18.4 Å². The van der Waals surface area contributed by atoms with Crippen molar-refractivity contribution in [2.24, 2.45) is 7.05 Å². The molecule has 0 spiro atoms. The van der Waals surface area contributed by atoms with Gasteiger partial charge in [-0.15, -0.1) is 0 Å². The highest BCUT2D eigenvalue weighted by atomic mass is 19.1. The predicted octanol–water partition coefficient (Wildman–Crippen LogP) is 1.79. The number of benzene rings is 2. The Labute approximate surface area is 192 Å². The molecule has 1 aliphatic rings. The fourth-order valence-corrected chi connectivity index (χ4v) is 4.40. The maximum Gasteiger partial charge on any atom is 0.331 e. The molecule has 34 heavy (non-hydrogen) atoms. The number of nitrogens with zero attached hydrogens (tertiary/aromatic N) is 2. The second kappa shape index (κ2) is 9.05. The van der Waals surface area contributed by atoms with Crippen molar-refractivity contribution in [3.63, 3.8) is 0 Å². The molecular weight excluding hydrogens is 448 g/mol. The molecule has 2 atom stereocenters. The van der Waals surface area contributed by atoms with Crippen LogP contribution in [0.4, 0.5) is 8.78 Å². The average Bonchev–Trinajstić information content (AvgIpc) is 3.21. The zero-order valence-electron chi connectivity index (χ0n) is 18.1. The van der Waals surface area contributed by atoms with Crippen molar-refractivity contribution in [3.05, 3.63) is 103 Å². The molecule has 0 fully saturated rings. The number of carboxylic acids is 1. The fraction of sp³-hybridized carbons (Fsp3) is 0.250. The highest BCUT2D eigenvalue weighted by Crippen LogP contribution is 2.35. The average molecular weight is 469 g/mol. The van der Waals surface area contributed by atoms with Crippen molar-refractivity contribution in [2.45, 2.75) is 31.3 Å². The monoisotopic (exact) mass is 469 g/mol. The SMILES string of the molecule is Cn1ccc(=O)n([C@@H]2CCc3c(C[C@H](NC(=O)c4c(F)cccc4F)C(=O)O)cccc32)c1=O. The Kier molecular flexibility index (Phi) is 6.14. The van der Waals surface area contributed by atoms with Crippen LogP contribution in [-0.4, -0.2) is 32.2 Å². The quantitative estimate of drug-likeness (QED) is 0.572. The number of aromatic nitrogens is 2. The van der Waals surface area contributed by atoms with E-state index in [0.29, 0.717) is 18.4 Å². The van der Waals surface area contributed by atoms with Crippen LogP contribution in [-0.2, 0) is 24.7 Å². The first kappa shape index (κ1) is 23.1. The van der Waals surface area contributed by atoms with E-state index >= 15 is 0 Å². The first-order valence-electron chi connectivity index (χ1n) is 10.6. The van der Waals surface area contributed by atoms with Crippen molar-refractivity contribution in [1.29, 1.82) is 0 Å². The van der Waals surface area contributed by atoms with E-state index in [0.717, 1.165) is 29.3 Å². The van der Waals surface area contributed by atoms with Gasteiger partial charge in [-0.05, 0) is 41.7 Å². The van der Waals surface area contributed by atoms with Crippen LogP contribution in [0.5, 0.6) is 0 Å². The molecule has 1 heterocycles. The van der Waals surface area contributed by atoms with Crippen LogP contribution in [0.15, 0.2) is 58.3 Å². The van der Waals surface area contributed by atoms with Gasteiger partial charge < -0.3 is 15.0 Å². The van der Waals surface area contributed by atoms with Gasteiger partial charge in [0.05, 0.1) is 6.04 Å². The highest BCUT2D eigenvalue weighted by molar-refractivity contribution is 5.97. The molecule has 4 rings (SSSR count). The number of fused-ring (bicyclic) bond motifs is 1. The van der Waals surface area contributed by atoms with Crippen molar-refractivity contribution < 1.29 is 23.5 Å². The molecule has 2 N–H and O–H groups in total. The van der Waals surface area contributed by atoms with Crippen molar-refractivity contribution in [1.82, 2.24) is 14.5 Å². The first-order chi connectivity index (χ1) is 16.2. The Morgan fingerprint density at radius 1 is 1.12 bits per heavy atom. The second-order valence-electron chi connectivity index (χ2n) is 8.12. The van der Waals surface area contributed by atoms with Gasteiger partial charge in [0.15, 0.2) is 0 Å². The molecule has 0 unspecified atom stereocenters. The molecule has 0 saturated carbocycles. The maximum absolute atomic E-state index is 14.0. The van der Waals surface area contributed by atoms with Crippen molar-refractivity contribution in [3.8, 4) is 0 Å². The third-order valence-electron chi connectivity index (χ3n) is 6.05. The summed E-state index contributed by atoms with van der Waals surface area (Å²) in [5.41, 5.74) is 0.350. The summed E-state index contributed by atoms with van der Waals surface area (Å²) in [6, 6.07) is 7.42. The molecule has 0 aliphatic heterocycles. The summed E-state index contributed by atoms with van der Waals surface area (Å²) in [6.07, 6.45) is 2.21. The minimum absolute atomic E-state index is 0.144. The highest BCUT2D eigenvalue weighted by Gasteiger charge is 2.31. The second-order valence-corrected chi connectivity index (χ2v) is 8.12. The summed E-state index contributed by atoms with van der Waals surface area (Å²) < 4.78 is 30.4. The van der Waals surface area contributed by atoms with Crippen LogP contribution >= 0.6 is 0 Å². The molecule has 8 nitrogen and oxygen atoms in total. The normalized spacial score (nSPS) is 15.6. The third-order valence-corrected chi connectivity index (χ3v) is 6.05. The standard InChI is InChI=1S/C24H21F2N3O5/c1-28-11-10-20(30)29(24(28)34)19-9-8-14-13(4-2-5-15(14)19)12-18(23(32)33)27-22(31)21-16(25)6-3-7-17(21)26/h2-7,10-11,18-19H,8-9,12H2,1H3,(H,27,31)(H,32,33)/t18-,19+/m0/s1. The molecule has 176 valence electrons. The summed E-state index contributed by atoms with van der Waals surface area (Å²) >= 11 is 0. The van der Waals surface area contributed by atoms with Crippen LogP contribution in [0, 0.1) is 11.6 Å². The lowest BCUT2D eigenvalue weighted by atomic mass is 9.96. The Hall–Kier alpha value is -4.08. The first-order valence-corrected chi connectivity index (χ1v) is 10.6. The Balaban J connectivity index is 1.65. The number of rotatable bonds is 6. The molecule has 0 radical (unpaired) electrons. The molecule has 2 aromatic carbocycles. The molecular formula is C24H21F2N3O5. The smallest absolute Gasteiger partial charge is 0.331 e. The summed E-state index contributed by atoms with van der Waals surface area (Å²) in [6.45, 7) is 0. The summed E-state index contributed by atoms with van der Waals surface area (Å²) in [5.74, 6) is -4.74. The van der Waals surface area contributed by atoms with Crippen molar-refractivity contribution >= 4 is 11.9 Å². The predicted molar refractivity (Wildman–Crippen MR) is 118 cm³/mol. The van der Waals surface area contributed by atoms with Crippen LogP contribution < -0.4 is 16.6 Å². The Bertz CT molecular complexity index is 1390. The third kappa shape index (κ3) is 4.14. The summed E-state index contributed by atoms with van der Waals surface area (Å²) in [5, 5.41) is 11.9. The number of aliphatic carboxylic acids is 1. The lowest BCUT2D eigenvalue weighted by Crippen LogP contribution is -2.43.